The molecule has 1 unspecified atom stereocenters. The predicted molar refractivity (Wildman–Crippen MR) is 56.4 cm³/mol. The molecule has 94 valence electrons. The van der Waals surface area contributed by atoms with Gasteiger partial charge >= 0.3 is 12.1 Å². The summed E-state index contributed by atoms with van der Waals surface area (Å²) in [5.74, 6) is -1.28. The first-order chi connectivity index (χ1) is 7.71. The molecule has 3 nitrogen and oxygen atoms in total. The van der Waals surface area contributed by atoms with Gasteiger partial charge in [-0.3, -0.25) is 4.79 Å². The van der Waals surface area contributed by atoms with Crippen LogP contribution < -0.4 is 0 Å². The van der Waals surface area contributed by atoms with Crippen molar-refractivity contribution < 1.29 is 28.2 Å². The lowest BCUT2D eigenvalue weighted by molar-refractivity contribution is -0.139. The fraction of sp³-hybridized carbons (Fsp3) is 0.300. The zero-order valence-corrected chi connectivity index (χ0v) is 9.92. The standard InChI is InChI=1S/C10H8BrF3O3/c11-7-2-1-5(8(15)4-9(16)17)3-6(7)10(12,13)14/h1-3,8,15H,4H2,(H,16,17). The third kappa shape index (κ3) is 3.71. The van der Waals surface area contributed by atoms with Crippen molar-refractivity contribution in [2.75, 3.05) is 0 Å². The summed E-state index contributed by atoms with van der Waals surface area (Å²) >= 11 is 2.75. The maximum absolute atomic E-state index is 12.5. The van der Waals surface area contributed by atoms with E-state index in [2.05, 4.69) is 15.9 Å². The number of alkyl halides is 3. The van der Waals surface area contributed by atoms with E-state index in [1.807, 2.05) is 0 Å². The van der Waals surface area contributed by atoms with E-state index in [0.717, 1.165) is 12.1 Å². The van der Waals surface area contributed by atoms with Crippen molar-refractivity contribution in [3.05, 3.63) is 33.8 Å². The predicted octanol–water partition coefficient (Wildman–Crippen LogP) is 2.98. The molecular formula is C10H8BrF3O3. The molecule has 17 heavy (non-hydrogen) atoms. The van der Waals surface area contributed by atoms with Gasteiger partial charge in [0, 0.05) is 4.47 Å². The first-order valence-electron chi connectivity index (χ1n) is 4.48. The number of halogens is 4. The molecule has 0 spiro atoms. The summed E-state index contributed by atoms with van der Waals surface area (Å²) in [6.07, 6.45) is -6.65. The number of hydrogen-bond acceptors (Lipinski definition) is 2. The largest absolute Gasteiger partial charge is 0.481 e. The number of carboxylic acid groups (broad SMARTS) is 1. The van der Waals surface area contributed by atoms with Gasteiger partial charge in [0.25, 0.3) is 0 Å². The van der Waals surface area contributed by atoms with E-state index in [1.165, 1.54) is 6.07 Å². The molecule has 0 fully saturated rings. The van der Waals surface area contributed by atoms with Crippen LogP contribution in [0.3, 0.4) is 0 Å². The highest BCUT2D eigenvalue weighted by Crippen LogP contribution is 2.36. The molecule has 0 saturated carbocycles. The van der Waals surface area contributed by atoms with E-state index in [-0.39, 0.29) is 10.0 Å². The summed E-state index contributed by atoms with van der Waals surface area (Å²) < 4.78 is 37.4. The van der Waals surface area contributed by atoms with Crippen LogP contribution in [-0.2, 0) is 11.0 Å². The summed E-state index contributed by atoms with van der Waals surface area (Å²) in [7, 11) is 0. The fourth-order valence-electron chi connectivity index (χ4n) is 1.25. The quantitative estimate of drug-likeness (QED) is 0.902. The van der Waals surface area contributed by atoms with Crippen molar-refractivity contribution in [3.63, 3.8) is 0 Å². The molecule has 0 bridgehead atoms. The lowest BCUT2D eigenvalue weighted by Crippen LogP contribution is -2.10. The van der Waals surface area contributed by atoms with E-state index in [1.54, 1.807) is 0 Å². The summed E-state index contributed by atoms with van der Waals surface area (Å²) in [5, 5.41) is 17.8. The summed E-state index contributed by atoms with van der Waals surface area (Å²) in [6.45, 7) is 0. The lowest BCUT2D eigenvalue weighted by atomic mass is 10.0. The van der Waals surface area contributed by atoms with Crippen molar-refractivity contribution in [2.45, 2.75) is 18.7 Å². The van der Waals surface area contributed by atoms with Gasteiger partial charge < -0.3 is 10.2 Å². The highest BCUT2D eigenvalue weighted by Gasteiger charge is 2.33. The van der Waals surface area contributed by atoms with Crippen LogP contribution in [0.25, 0.3) is 0 Å². The molecule has 2 N–H and O–H groups in total. The van der Waals surface area contributed by atoms with Crippen molar-refractivity contribution >= 4 is 21.9 Å². The van der Waals surface area contributed by atoms with Crippen molar-refractivity contribution in [2.24, 2.45) is 0 Å². The van der Waals surface area contributed by atoms with Gasteiger partial charge in [-0.25, -0.2) is 0 Å². The number of aliphatic hydroxyl groups is 1. The molecule has 0 aliphatic rings. The van der Waals surface area contributed by atoms with E-state index in [0.29, 0.717) is 0 Å². The molecule has 0 saturated heterocycles. The fourth-order valence-corrected chi connectivity index (χ4v) is 1.72. The van der Waals surface area contributed by atoms with Crippen LogP contribution in [0.1, 0.15) is 23.7 Å². The summed E-state index contributed by atoms with van der Waals surface area (Å²) in [6, 6.07) is 3.11. The molecule has 0 amide bonds. The van der Waals surface area contributed by atoms with Crippen LogP contribution in [-0.4, -0.2) is 16.2 Å². The van der Waals surface area contributed by atoms with Crippen molar-refractivity contribution in [1.29, 1.82) is 0 Å². The monoisotopic (exact) mass is 312 g/mol. The van der Waals surface area contributed by atoms with E-state index in [9.17, 15) is 23.1 Å². The first kappa shape index (κ1) is 14.0. The minimum atomic E-state index is -4.56. The number of benzene rings is 1. The van der Waals surface area contributed by atoms with E-state index < -0.39 is 30.2 Å². The third-order valence-electron chi connectivity index (χ3n) is 2.05. The molecule has 0 aromatic heterocycles. The van der Waals surface area contributed by atoms with Gasteiger partial charge in [0.1, 0.15) is 0 Å². The highest BCUT2D eigenvalue weighted by molar-refractivity contribution is 9.10. The van der Waals surface area contributed by atoms with Gasteiger partial charge in [-0.05, 0) is 17.7 Å². The van der Waals surface area contributed by atoms with Crippen LogP contribution in [0.4, 0.5) is 13.2 Å². The summed E-state index contributed by atoms with van der Waals surface area (Å²) in [4.78, 5) is 10.3. The molecule has 1 rings (SSSR count). The lowest BCUT2D eigenvalue weighted by Gasteiger charge is -2.13. The van der Waals surface area contributed by atoms with Crippen molar-refractivity contribution in [1.82, 2.24) is 0 Å². The smallest absolute Gasteiger partial charge is 0.417 e. The zero-order chi connectivity index (χ0) is 13.2. The van der Waals surface area contributed by atoms with Gasteiger partial charge in [-0.15, -0.1) is 0 Å². The third-order valence-corrected chi connectivity index (χ3v) is 2.74. The topological polar surface area (TPSA) is 57.5 Å². The number of carbonyl (C=O) groups is 1. The van der Waals surface area contributed by atoms with Crippen LogP contribution in [0.5, 0.6) is 0 Å². The Hall–Kier alpha value is -1.08. The molecule has 1 aromatic rings. The second kappa shape index (κ2) is 5.05. The van der Waals surface area contributed by atoms with Gasteiger partial charge in [-0.1, -0.05) is 22.0 Å². The Balaban J connectivity index is 3.08. The molecule has 0 heterocycles. The Kier molecular flexibility index (Phi) is 4.16. The van der Waals surface area contributed by atoms with Crippen LogP contribution in [0.2, 0.25) is 0 Å². The second-order valence-corrected chi connectivity index (χ2v) is 4.21. The van der Waals surface area contributed by atoms with Gasteiger partial charge in [0.2, 0.25) is 0 Å². The maximum Gasteiger partial charge on any atom is 0.417 e. The Morgan fingerprint density at radius 3 is 2.47 bits per heavy atom. The molecular weight excluding hydrogens is 305 g/mol. The zero-order valence-electron chi connectivity index (χ0n) is 8.33. The minimum absolute atomic E-state index is 0.0806. The summed E-state index contributed by atoms with van der Waals surface area (Å²) in [5.41, 5.74) is -1.03. The molecule has 0 radical (unpaired) electrons. The van der Waals surface area contributed by atoms with Crippen LogP contribution in [0, 0.1) is 0 Å². The molecule has 0 aliphatic heterocycles. The average Bonchev–Trinajstić information content (AvgIpc) is 2.15. The Morgan fingerprint density at radius 1 is 1.41 bits per heavy atom. The maximum atomic E-state index is 12.5. The van der Waals surface area contributed by atoms with Crippen LogP contribution >= 0.6 is 15.9 Å². The van der Waals surface area contributed by atoms with E-state index in [4.69, 9.17) is 5.11 Å². The molecule has 1 aromatic carbocycles. The van der Waals surface area contributed by atoms with Gasteiger partial charge in [0.05, 0.1) is 18.1 Å². The van der Waals surface area contributed by atoms with Gasteiger partial charge in [-0.2, -0.15) is 13.2 Å². The Labute approximate surface area is 103 Å². The highest BCUT2D eigenvalue weighted by atomic mass is 79.9. The molecule has 0 aliphatic carbocycles. The Bertz CT molecular complexity index is 431. The normalized spacial score (nSPS) is 13.5. The number of hydrogen-bond donors (Lipinski definition) is 2. The molecule has 1 atom stereocenters. The Morgan fingerprint density at radius 2 is 2.00 bits per heavy atom. The first-order valence-corrected chi connectivity index (χ1v) is 5.27. The van der Waals surface area contributed by atoms with Crippen molar-refractivity contribution in [3.8, 4) is 0 Å². The SMILES string of the molecule is O=C(O)CC(O)c1ccc(Br)c(C(F)(F)F)c1. The van der Waals surface area contributed by atoms with E-state index >= 15 is 0 Å². The van der Waals surface area contributed by atoms with Gasteiger partial charge in [0.15, 0.2) is 0 Å². The number of rotatable bonds is 3. The van der Waals surface area contributed by atoms with Crippen LogP contribution in [0.15, 0.2) is 22.7 Å². The minimum Gasteiger partial charge on any atom is -0.481 e. The number of carboxylic acids is 1. The number of aliphatic hydroxyl groups excluding tert-OH is 1. The molecule has 7 heteroatoms. The second-order valence-electron chi connectivity index (χ2n) is 3.35. The average molecular weight is 313 g/mol. The number of aliphatic carboxylic acids is 1.